The summed E-state index contributed by atoms with van der Waals surface area (Å²) in [6.45, 7) is 7.49. The Morgan fingerprint density at radius 1 is 1.33 bits per heavy atom. The summed E-state index contributed by atoms with van der Waals surface area (Å²) < 4.78 is 0. The Bertz CT molecular complexity index is 579. The third kappa shape index (κ3) is 3.11. The van der Waals surface area contributed by atoms with Crippen LogP contribution in [0.2, 0.25) is 0 Å². The minimum Gasteiger partial charge on any atom is -0.345 e. The van der Waals surface area contributed by atoms with E-state index in [1.54, 1.807) is 0 Å². The van der Waals surface area contributed by atoms with Crippen molar-refractivity contribution in [1.82, 2.24) is 10.3 Å². The van der Waals surface area contributed by atoms with Crippen LogP contribution in [0, 0.1) is 0 Å². The van der Waals surface area contributed by atoms with E-state index in [0.717, 1.165) is 25.3 Å². The zero-order valence-corrected chi connectivity index (χ0v) is 13.6. The van der Waals surface area contributed by atoms with Crippen LogP contribution in [0.15, 0.2) is 30.3 Å². The highest BCUT2D eigenvalue weighted by molar-refractivity contribution is 7.16. The Morgan fingerprint density at radius 3 is 2.81 bits per heavy atom. The van der Waals surface area contributed by atoms with Crippen molar-refractivity contribution in [1.29, 1.82) is 0 Å². The number of aromatic nitrogens is 1. The lowest BCUT2D eigenvalue weighted by Crippen LogP contribution is -2.25. The van der Waals surface area contributed by atoms with Gasteiger partial charge in [-0.2, -0.15) is 0 Å². The maximum atomic E-state index is 4.97. The number of benzene rings is 1. The van der Waals surface area contributed by atoms with Crippen LogP contribution in [-0.2, 0) is 6.54 Å². The molecule has 1 atom stereocenters. The largest absolute Gasteiger partial charge is 0.345 e. The molecule has 0 bridgehead atoms. The van der Waals surface area contributed by atoms with Gasteiger partial charge in [0.15, 0.2) is 5.13 Å². The fourth-order valence-corrected chi connectivity index (χ4v) is 4.04. The van der Waals surface area contributed by atoms with Gasteiger partial charge in [-0.1, -0.05) is 48.6 Å². The van der Waals surface area contributed by atoms with Crippen LogP contribution >= 0.6 is 11.3 Å². The Kier molecular flexibility index (Phi) is 4.56. The highest BCUT2D eigenvalue weighted by atomic mass is 32.1. The third-order valence-electron chi connectivity index (χ3n) is 4.07. The first kappa shape index (κ1) is 14.5. The molecule has 1 unspecified atom stereocenters. The molecule has 3 rings (SSSR count). The van der Waals surface area contributed by atoms with E-state index in [2.05, 4.69) is 54.4 Å². The summed E-state index contributed by atoms with van der Waals surface area (Å²) in [6, 6.07) is 11.2. The van der Waals surface area contributed by atoms with Crippen molar-refractivity contribution in [2.45, 2.75) is 39.3 Å². The standard InChI is InChI=1S/C17H23N3S/c1-3-18-12-15-16(14-9-5-4-6-10-14)19-17(21-15)20-11-7-8-13(20)2/h4-6,9-10,13,18H,3,7-8,11-12H2,1-2H3. The summed E-state index contributed by atoms with van der Waals surface area (Å²) >= 11 is 1.85. The van der Waals surface area contributed by atoms with E-state index in [0.29, 0.717) is 6.04 Å². The first-order valence-corrected chi connectivity index (χ1v) is 8.63. The molecule has 1 aromatic heterocycles. The lowest BCUT2D eigenvalue weighted by molar-refractivity contribution is 0.732. The Labute approximate surface area is 131 Å². The molecule has 21 heavy (non-hydrogen) atoms. The van der Waals surface area contributed by atoms with Crippen molar-refractivity contribution < 1.29 is 0 Å². The number of nitrogens with one attached hydrogen (secondary N) is 1. The molecule has 0 saturated carbocycles. The quantitative estimate of drug-likeness (QED) is 0.907. The second-order valence-electron chi connectivity index (χ2n) is 5.60. The Morgan fingerprint density at radius 2 is 2.14 bits per heavy atom. The molecular weight excluding hydrogens is 278 g/mol. The van der Waals surface area contributed by atoms with E-state index in [4.69, 9.17) is 4.98 Å². The fourth-order valence-electron chi connectivity index (χ4n) is 2.86. The Balaban J connectivity index is 1.95. The smallest absolute Gasteiger partial charge is 0.186 e. The lowest BCUT2D eigenvalue weighted by atomic mass is 10.1. The second-order valence-corrected chi connectivity index (χ2v) is 6.66. The first-order valence-electron chi connectivity index (χ1n) is 7.82. The molecule has 1 saturated heterocycles. The second kappa shape index (κ2) is 6.58. The molecule has 1 aliphatic heterocycles. The summed E-state index contributed by atoms with van der Waals surface area (Å²) in [5.74, 6) is 0. The zero-order chi connectivity index (χ0) is 14.7. The van der Waals surface area contributed by atoms with Gasteiger partial charge in [-0.3, -0.25) is 0 Å². The number of hydrogen-bond acceptors (Lipinski definition) is 4. The molecule has 1 aliphatic rings. The molecule has 4 heteroatoms. The predicted octanol–water partition coefficient (Wildman–Crippen LogP) is 3.91. The van der Waals surface area contributed by atoms with E-state index >= 15 is 0 Å². The summed E-state index contributed by atoms with van der Waals surface area (Å²) in [6.07, 6.45) is 2.56. The molecule has 1 fully saturated rings. The first-order chi connectivity index (χ1) is 10.3. The van der Waals surface area contributed by atoms with Crippen molar-refractivity contribution in [2.24, 2.45) is 0 Å². The van der Waals surface area contributed by atoms with Gasteiger partial charge >= 0.3 is 0 Å². The molecule has 0 amide bonds. The molecule has 0 aliphatic carbocycles. The van der Waals surface area contributed by atoms with Crippen molar-refractivity contribution in [3.05, 3.63) is 35.2 Å². The minimum absolute atomic E-state index is 0.617. The van der Waals surface area contributed by atoms with Gasteiger partial charge in [0, 0.05) is 29.6 Å². The van der Waals surface area contributed by atoms with Crippen molar-refractivity contribution in [2.75, 3.05) is 18.0 Å². The molecule has 0 spiro atoms. The minimum atomic E-state index is 0.617. The van der Waals surface area contributed by atoms with Crippen molar-refractivity contribution in [3.63, 3.8) is 0 Å². The molecule has 2 heterocycles. The van der Waals surface area contributed by atoms with Gasteiger partial charge in [0.05, 0.1) is 5.69 Å². The van der Waals surface area contributed by atoms with Gasteiger partial charge in [-0.25, -0.2) is 4.98 Å². The molecule has 2 aromatic rings. The normalized spacial score (nSPS) is 18.4. The molecule has 0 radical (unpaired) electrons. The number of rotatable bonds is 5. The number of anilines is 1. The number of hydrogen-bond donors (Lipinski definition) is 1. The van der Waals surface area contributed by atoms with Gasteiger partial charge in [0.1, 0.15) is 0 Å². The van der Waals surface area contributed by atoms with Crippen LogP contribution in [0.4, 0.5) is 5.13 Å². The number of thiazole rings is 1. The lowest BCUT2D eigenvalue weighted by Gasteiger charge is -2.19. The van der Waals surface area contributed by atoms with Crippen LogP contribution in [0.5, 0.6) is 0 Å². The van der Waals surface area contributed by atoms with Gasteiger partial charge in [0.2, 0.25) is 0 Å². The SMILES string of the molecule is CCNCc1sc(N2CCCC2C)nc1-c1ccccc1. The van der Waals surface area contributed by atoms with Crippen LogP contribution in [0.3, 0.4) is 0 Å². The molecule has 3 nitrogen and oxygen atoms in total. The zero-order valence-electron chi connectivity index (χ0n) is 12.8. The third-order valence-corrected chi connectivity index (χ3v) is 5.16. The average molecular weight is 301 g/mol. The van der Waals surface area contributed by atoms with E-state index in [1.165, 1.54) is 28.4 Å². The monoisotopic (exact) mass is 301 g/mol. The van der Waals surface area contributed by atoms with Gasteiger partial charge in [-0.15, -0.1) is 0 Å². The van der Waals surface area contributed by atoms with E-state index in [1.807, 2.05) is 11.3 Å². The summed E-state index contributed by atoms with van der Waals surface area (Å²) in [7, 11) is 0. The van der Waals surface area contributed by atoms with Crippen LogP contribution in [0.1, 0.15) is 31.6 Å². The maximum Gasteiger partial charge on any atom is 0.186 e. The van der Waals surface area contributed by atoms with E-state index in [9.17, 15) is 0 Å². The van der Waals surface area contributed by atoms with Gasteiger partial charge < -0.3 is 10.2 Å². The highest BCUT2D eigenvalue weighted by Gasteiger charge is 2.24. The molecule has 112 valence electrons. The topological polar surface area (TPSA) is 28.2 Å². The van der Waals surface area contributed by atoms with Crippen molar-refractivity contribution in [3.8, 4) is 11.3 Å². The highest BCUT2D eigenvalue weighted by Crippen LogP contribution is 2.36. The fraction of sp³-hybridized carbons (Fsp3) is 0.471. The summed E-state index contributed by atoms with van der Waals surface area (Å²) in [5.41, 5.74) is 2.37. The molecule has 1 N–H and O–H groups in total. The van der Waals surface area contributed by atoms with Gasteiger partial charge in [-0.05, 0) is 26.3 Å². The maximum absolute atomic E-state index is 4.97. The van der Waals surface area contributed by atoms with E-state index < -0.39 is 0 Å². The predicted molar refractivity (Wildman–Crippen MR) is 91.0 cm³/mol. The van der Waals surface area contributed by atoms with E-state index in [-0.39, 0.29) is 0 Å². The van der Waals surface area contributed by atoms with Gasteiger partial charge in [0.25, 0.3) is 0 Å². The van der Waals surface area contributed by atoms with Crippen LogP contribution in [-0.4, -0.2) is 24.1 Å². The molecular formula is C17H23N3S. The average Bonchev–Trinajstić information content (AvgIpc) is 3.12. The Hall–Kier alpha value is -1.39. The summed E-state index contributed by atoms with van der Waals surface area (Å²) in [5, 5.41) is 4.63. The molecule has 1 aromatic carbocycles. The number of nitrogens with zero attached hydrogens (tertiary/aromatic N) is 2. The van der Waals surface area contributed by atoms with Crippen LogP contribution < -0.4 is 10.2 Å². The summed E-state index contributed by atoms with van der Waals surface area (Å²) in [4.78, 5) is 8.78. The van der Waals surface area contributed by atoms with Crippen molar-refractivity contribution >= 4 is 16.5 Å². The van der Waals surface area contributed by atoms with Crippen LogP contribution in [0.25, 0.3) is 11.3 Å².